The minimum absolute atomic E-state index is 0.424. The highest BCUT2D eigenvalue weighted by molar-refractivity contribution is 4.88. The molecule has 0 radical (unpaired) electrons. The molecule has 1 aliphatic rings. The SMILES string of the molecule is CCCNC(C(C)CCC)C(OCC)C1CCCCC1. The van der Waals surface area contributed by atoms with Crippen LogP contribution in [0.15, 0.2) is 0 Å². The van der Waals surface area contributed by atoms with Crippen molar-refractivity contribution in [2.45, 2.75) is 91.2 Å². The zero-order valence-electron chi connectivity index (χ0n) is 14.3. The van der Waals surface area contributed by atoms with Crippen LogP contribution in [0.25, 0.3) is 0 Å². The summed E-state index contributed by atoms with van der Waals surface area (Å²) in [6, 6.07) is 0.540. The highest BCUT2D eigenvalue weighted by Crippen LogP contribution is 2.32. The molecule has 2 heteroatoms. The molecule has 0 aliphatic heterocycles. The standard InChI is InChI=1S/C18H37NO/c1-5-11-15(4)17(19-14-6-2)18(20-7-3)16-12-9-8-10-13-16/h15-19H,5-14H2,1-4H3. The fourth-order valence-corrected chi connectivity index (χ4v) is 3.78. The minimum atomic E-state index is 0.424. The Bertz CT molecular complexity index is 225. The van der Waals surface area contributed by atoms with Gasteiger partial charge in [-0.2, -0.15) is 0 Å². The van der Waals surface area contributed by atoms with Crippen molar-refractivity contribution < 1.29 is 4.74 Å². The second-order valence-corrected chi connectivity index (χ2v) is 6.56. The van der Waals surface area contributed by atoms with Gasteiger partial charge in [0.25, 0.3) is 0 Å². The van der Waals surface area contributed by atoms with Crippen LogP contribution in [-0.4, -0.2) is 25.3 Å². The summed E-state index contributed by atoms with van der Waals surface area (Å²) in [6.07, 6.45) is 11.2. The predicted molar refractivity (Wildman–Crippen MR) is 88.1 cm³/mol. The van der Waals surface area contributed by atoms with E-state index in [1.807, 2.05) is 0 Å². The molecule has 0 spiro atoms. The molecule has 0 aromatic carbocycles. The molecule has 0 heterocycles. The van der Waals surface area contributed by atoms with Gasteiger partial charge in [-0.15, -0.1) is 0 Å². The van der Waals surface area contributed by atoms with E-state index in [0.29, 0.717) is 18.1 Å². The van der Waals surface area contributed by atoms with E-state index >= 15 is 0 Å². The summed E-state index contributed by atoms with van der Waals surface area (Å²) in [5.74, 6) is 1.49. The van der Waals surface area contributed by atoms with Gasteiger partial charge in [0.2, 0.25) is 0 Å². The minimum Gasteiger partial charge on any atom is -0.377 e. The van der Waals surface area contributed by atoms with Crippen LogP contribution in [0, 0.1) is 11.8 Å². The van der Waals surface area contributed by atoms with E-state index in [1.54, 1.807) is 0 Å². The third-order valence-electron chi connectivity index (χ3n) is 4.81. The van der Waals surface area contributed by atoms with Crippen LogP contribution in [0.2, 0.25) is 0 Å². The first kappa shape index (κ1) is 18.0. The largest absolute Gasteiger partial charge is 0.377 e. The molecular weight excluding hydrogens is 246 g/mol. The molecule has 20 heavy (non-hydrogen) atoms. The van der Waals surface area contributed by atoms with E-state index in [1.165, 1.54) is 51.4 Å². The molecule has 0 bridgehead atoms. The van der Waals surface area contributed by atoms with Gasteiger partial charge < -0.3 is 10.1 Å². The molecular formula is C18H37NO. The van der Waals surface area contributed by atoms with Gasteiger partial charge in [0.15, 0.2) is 0 Å². The molecule has 1 aliphatic carbocycles. The summed E-state index contributed by atoms with van der Waals surface area (Å²) in [5.41, 5.74) is 0. The molecule has 1 fully saturated rings. The van der Waals surface area contributed by atoms with E-state index in [4.69, 9.17) is 4.74 Å². The fourth-order valence-electron chi connectivity index (χ4n) is 3.78. The van der Waals surface area contributed by atoms with Gasteiger partial charge in [0.1, 0.15) is 0 Å². The number of rotatable bonds is 10. The Morgan fingerprint density at radius 3 is 2.30 bits per heavy atom. The molecule has 0 amide bonds. The highest BCUT2D eigenvalue weighted by Gasteiger charge is 2.33. The summed E-state index contributed by atoms with van der Waals surface area (Å²) in [7, 11) is 0. The van der Waals surface area contributed by atoms with Crippen molar-refractivity contribution in [3.8, 4) is 0 Å². The third kappa shape index (κ3) is 5.73. The maximum absolute atomic E-state index is 6.25. The van der Waals surface area contributed by atoms with Gasteiger partial charge in [0.05, 0.1) is 6.10 Å². The second kappa shape index (κ2) is 10.6. The van der Waals surface area contributed by atoms with Crippen molar-refractivity contribution in [2.75, 3.05) is 13.2 Å². The van der Waals surface area contributed by atoms with Gasteiger partial charge in [-0.25, -0.2) is 0 Å². The van der Waals surface area contributed by atoms with Crippen molar-refractivity contribution in [1.82, 2.24) is 5.32 Å². The molecule has 1 N–H and O–H groups in total. The smallest absolute Gasteiger partial charge is 0.0758 e. The Balaban J connectivity index is 2.72. The van der Waals surface area contributed by atoms with Gasteiger partial charge in [0, 0.05) is 12.6 Å². The molecule has 120 valence electrons. The Morgan fingerprint density at radius 1 is 1.05 bits per heavy atom. The molecule has 2 nitrogen and oxygen atoms in total. The average molecular weight is 284 g/mol. The number of ether oxygens (including phenoxy) is 1. The molecule has 1 saturated carbocycles. The molecule has 3 unspecified atom stereocenters. The van der Waals surface area contributed by atoms with E-state index in [0.717, 1.165) is 19.1 Å². The van der Waals surface area contributed by atoms with Crippen LogP contribution in [-0.2, 0) is 4.74 Å². The summed E-state index contributed by atoms with van der Waals surface area (Å²) >= 11 is 0. The summed E-state index contributed by atoms with van der Waals surface area (Å²) < 4.78 is 6.25. The summed E-state index contributed by atoms with van der Waals surface area (Å²) in [5, 5.41) is 3.81. The second-order valence-electron chi connectivity index (χ2n) is 6.56. The first-order valence-electron chi connectivity index (χ1n) is 9.09. The van der Waals surface area contributed by atoms with Gasteiger partial charge >= 0.3 is 0 Å². The Morgan fingerprint density at radius 2 is 1.75 bits per heavy atom. The lowest BCUT2D eigenvalue weighted by Crippen LogP contribution is -2.50. The van der Waals surface area contributed by atoms with Gasteiger partial charge in [-0.05, 0) is 51.0 Å². The van der Waals surface area contributed by atoms with Crippen molar-refractivity contribution >= 4 is 0 Å². The van der Waals surface area contributed by atoms with Crippen LogP contribution in [0.4, 0.5) is 0 Å². The molecule has 0 saturated heterocycles. The molecule has 0 aromatic heterocycles. The predicted octanol–water partition coefficient (Wildman–Crippen LogP) is 4.78. The van der Waals surface area contributed by atoms with Crippen LogP contribution < -0.4 is 5.32 Å². The van der Waals surface area contributed by atoms with Crippen LogP contribution in [0.3, 0.4) is 0 Å². The number of nitrogens with one attached hydrogen (secondary N) is 1. The van der Waals surface area contributed by atoms with Crippen molar-refractivity contribution in [3.05, 3.63) is 0 Å². The van der Waals surface area contributed by atoms with Crippen LogP contribution in [0.5, 0.6) is 0 Å². The van der Waals surface area contributed by atoms with Crippen LogP contribution >= 0.6 is 0 Å². The van der Waals surface area contributed by atoms with Crippen LogP contribution in [0.1, 0.15) is 79.1 Å². The average Bonchev–Trinajstić information content (AvgIpc) is 2.47. The van der Waals surface area contributed by atoms with E-state index in [2.05, 4.69) is 33.0 Å². The maximum atomic E-state index is 6.25. The van der Waals surface area contributed by atoms with Gasteiger partial charge in [-0.1, -0.05) is 46.5 Å². The first-order valence-corrected chi connectivity index (χ1v) is 9.09. The molecule has 3 atom stereocenters. The Labute approximate surface area is 127 Å². The number of hydrogen-bond donors (Lipinski definition) is 1. The monoisotopic (exact) mass is 283 g/mol. The van der Waals surface area contributed by atoms with Crippen molar-refractivity contribution in [3.63, 3.8) is 0 Å². The Kier molecular flexibility index (Phi) is 9.54. The highest BCUT2D eigenvalue weighted by atomic mass is 16.5. The number of hydrogen-bond acceptors (Lipinski definition) is 2. The lowest BCUT2D eigenvalue weighted by atomic mass is 9.78. The van der Waals surface area contributed by atoms with E-state index < -0.39 is 0 Å². The van der Waals surface area contributed by atoms with Gasteiger partial charge in [-0.3, -0.25) is 0 Å². The maximum Gasteiger partial charge on any atom is 0.0758 e. The van der Waals surface area contributed by atoms with Crippen molar-refractivity contribution in [1.29, 1.82) is 0 Å². The lowest BCUT2D eigenvalue weighted by molar-refractivity contribution is -0.0304. The summed E-state index contributed by atoms with van der Waals surface area (Å²) in [6.45, 7) is 11.1. The fraction of sp³-hybridized carbons (Fsp3) is 1.00. The quantitative estimate of drug-likeness (QED) is 0.623. The summed E-state index contributed by atoms with van der Waals surface area (Å²) in [4.78, 5) is 0. The zero-order chi connectivity index (χ0) is 14.8. The van der Waals surface area contributed by atoms with E-state index in [9.17, 15) is 0 Å². The topological polar surface area (TPSA) is 21.3 Å². The third-order valence-corrected chi connectivity index (χ3v) is 4.81. The zero-order valence-corrected chi connectivity index (χ0v) is 14.3. The Hall–Kier alpha value is -0.0800. The van der Waals surface area contributed by atoms with E-state index in [-0.39, 0.29) is 0 Å². The first-order chi connectivity index (χ1) is 9.74. The molecule has 0 aromatic rings. The van der Waals surface area contributed by atoms with Crippen molar-refractivity contribution in [2.24, 2.45) is 11.8 Å². The lowest BCUT2D eigenvalue weighted by Gasteiger charge is -2.39. The molecule has 1 rings (SSSR count). The normalized spacial score (nSPS) is 21.6.